The van der Waals surface area contributed by atoms with E-state index in [0.29, 0.717) is 0 Å². The van der Waals surface area contributed by atoms with E-state index in [4.69, 9.17) is 0 Å². The van der Waals surface area contributed by atoms with E-state index in [0.717, 1.165) is 0 Å². The minimum atomic E-state index is 0.0321. The fourth-order valence-electron chi connectivity index (χ4n) is 10.8. The highest BCUT2D eigenvalue weighted by Gasteiger charge is 2.47. The molecule has 0 saturated heterocycles. The molecule has 0 bridgehead atoms. The van der Waals surface area contributed by atoms with Crippen molar-refractivity contribution < 1.29 is 0 Å². The molecule has 0 fully saturated rings. The number of hydrogen-bond donors (Lipinski definition) is 0. The predicted octanol–water partition coefficient (Wildman–Crippen LogP) is 14.1. The van der Waals surface area contributed by atoms with Crippen molar-refractivity contribution in [1.29, 1.82) is 0 Å². The third-order valence-electron chi connectivity index (χ3n) is 14.3. The van der Waals surface area contributed by atoms with Gasteiger partial charge >= 0.3 is 0 Å². The predicted molar refractivity (Wildman–Crippen MR) is 262 cm³/mol. The molecule has 0 saturated carbocycles. The van der Waals surface area contributed by atoms with Crippen molar-refractivity contribution in [2.45, 2.75) is 91.4 Å². The van der Waals surface area contributed by atoms with Gasteiger partial charge in [-0.15, -0.1) is 11.3 Å². The molecule has 0 N–H and O–H groups in total. The van der Waals surface area contributed by atoms with Gasteiger partial charge in [-0.2, -0.15) is 0 Å². The quantitative estimate of drug-likeness (QED) is 0.164. The highest BCUT2D eigenvalue weighted by Crippen LogP contribution is 2.53. The monoisotopic (exact) mass is 796 g/mol. The topological polar surface area (TPSA) is 6.48 Å². The maximum Gasteiger partial charge on any atom is 0.252 e. The lowest BCUT2D eigenvalue weighted by Crippen LogP contribution is -2.62. The van der Waals surface area contributed by atoms with Crippen molar-refractivity contribution in [3.05, 3.63) is 161 Å². The molecule has 7 aromatic carbocycles. The first kappa shape index (κ1) is 37.4. The summed E-state index contributed by atoms with van der Waals surface area (Å²) in [6.07, 6.45) is 2.35. The summed E-state index contributed by atoms with van der Waals surface area (Å²) in [5.74, 6) is 0. The lowest BCUT2D eigenvalue weighted by molar-refractivity contribution is 0.332. The van der Waals surface area contributed by atoms with E-state index >= 15 is 0 Å². The Morgan fingerprint density at radius 3 is 1.90 bits per heavy atom. The molecule has 1 aliphatic carbocycles. The van der Waals surface area contributed by atoms with E-state index in [2.05, 4.69) is 206 Å². The summed E-state index contributed by atoms with van der Waals surface area (Å²) in [5.41, 5.74) is 21.3. The van der Waals surface area contributed by atoms with Crippen LogP contribution in [0.1, 0.15) is 89.1 Å². The number of anilines is 6. The van der Waals surface area contributed by atoms with Crippen LogP contribution in [0, 0.1) is 13.8 Å². The Morgan fingerprint density at radius 2 is 1.18 bits per heavy atom. The molecule has 3 heterocycles. The van der Waals surface area contributed by atoms with Gasteiger partial charge in [0, 0.05) is 48.6 Å². The zero-order chi connectivity index (χ0) is 41.5. The van der Waals surface area contributed by atoms with Gasteiger partial charge in [-0.25, -0.2) is 0 Å². The molecule has 296 valence electrons. The van der Waals surface area contributed by atoms with Gasteiger partial charge in [0.25, 0.3) is 6.71 Å². The van der Waals surface area contributed by atoms with Crippen molar-refractivity contribution in [2.75, 3.05) is 9.80 Å². The third kappa shape index (κ3) is 5.45. The second-order valence-corrected chi connectivity index (χ2v) is 21.2. The number of para-hydroxylation sites is 1. The lowest BCUT2D eigenvalue weighted by atomic mass is 9.33. The molecule has 1 aromatic heterocycles. The molecule has 4 heteroatoms. The molecule has 8 aromatic rings. The van der Waals surface area contributed by atoms with Crippen molar-refractivity contribution in [2.24, 2.45) is 0 Å². The number of nitrogens with zero attached hydrogens (tertiary/aromatic N) is 2. The molecule has 11 rings (SSSR count). The summed E-state index contributed by atoms with van der Waals surface area (Å²) in [7, 11) is 0. The Hall–Kier alpha value is -5.58. The summed E-state index contributed by atoms with van der Waals surface area (Å²) in [6.45, 7) is 21.5. The SMILES string of the molecule is Cc1cc(C(C)(C)C)ccc1N1c2cc3c(cc2B2c4ccc5sc6ccccc6c5c4N(c4ccccc4C)c4cc(-c5ccccc5)cc1c42)C(C)(C)CCC3(C)C. The van der Waals surface area contributed by atoms with Gasteiger partial charge in [0.1, 0.15) is 0 Å². The highest BCUT2D eigenvalue weighted by atomic mass is 32.1. The normalized spacial score (nSPS) is 16.1. The number of rotatable bonds is 3. The average molecular weight is 797 g/mol. The molecule has 2 nitrogen and oxygen atoms in total. The largest absolute Gasteiger partial charge is 0.311 e. The molecule has 3 aliphatic rings. The van der Waals surface area contributed by atoms with E-state index in [1.807, 2.05) is 11.3 Å². The van der Waals surface area contributed by atoms with E-state index in [1.54, 1.807) is 0 Å². The summed E-state index contributed by atoms with van der Waals surface area (Å²) in [6, 6.07) is 51.5. The van der Waals surface area contributed by atoms with Gasteiger partial charge in [0.05, 0.1) is 5.69 Å². The van der Waals surface area contributed by atoms with Crippen LogP contribution in [0.25, 0.3) is 31.3 Å². The maximum atomic E-state index is 2.67. The van der Waals surface area contributed by atoms with Crippen LogP contribution in [0.2, 0.25) is 0 Å². The van der Waals surface area contributed by atoms with Crippen LogP contribution in [-0.4, -0.2) is 6.71 Å². The molecule has 0 spiro atoms. The van der Waals surface area contributed by atoms with Gasteiger partial charge in [-0.1, -0.05) is 139 Å². The summed E-state index contributed by atoms with van der Waals surface area (Å²) in [5, 5.41) is 2.68. The first-order valence-electron chi connectivity index (χ1n) is 21.8. The van der Waals surface area contributed by atoms with Crippen LogP contribution in [0.15, 0.2) is 133 Å². The van der Waals surface area contributed by atoms with Crippen LogP contribution < -0.4 is 26.2 Å². The van der Waals surface area contributed by atoms with Crippen LogP contribution in [0.5, 0.6) is 0 Å². The number of fused-ring (bicyclic) bond motifs is 9. The lowest BCUT2D eigenvalue weighted by Gasteiger charge is -2.48. The van der Waals surface area contributed by atoms with Gasteiger partial charge in [0.15, 0.2) is 0 Å². The first-order valence-corrected chi connectivity index (χ1v) is 22.7. The number of benzene rings is 7. The number of aryl methyl sites for hydroxylation is 2. The molecule has 60 heavy (non-hydrogen) atoms. The minimum absolute atomic E-state index is 0.0321. The van der Waals surface area contributed by atoms with E-state index in [1.165, 1.54) is 122 Å². The molecular weight excluding hydrogens is 744 g/mol. The minimum Gasteiger partial charge on any atom is -0.311 e. The van der Waals surface area contributed by atoms with Crippen molar-refractivity contribution in [1.82, 2.24) is 0 Å². The van der Waals surface area contributed by atoms with Crippen LogP contribution in [-0.2, 0) is 16.2 Å². The van der Waals surface area contributed by atoms with E-state index in [9.17, 15) is 0 Å². The van der Waals surface area contributed by atoms with Crippen molar-refractivity contribution >= 4 is 88.7 Å². The smallest absolute Gasteiger partial charge is 0.252 e. The van der Waals surface area contributed by atoms with Crippen molar-refractivity contribution in [3.8, 4) is 11.1 Å². The molecule has 0 radical (unpaired) electrons. The number of thiophene rings is 1. The molecular formula is C56H53BN2S. The van der Waals surface area contributed by atoms with Gasteiger partial charge in [-0.05, 0) is 141 Å². The maximum absolute atomic E-state index is 2.67. The fourth-order valence-corrected chi connectivity index (χ4v) is 12.0. The summed E-state index contributed by atoms with van der Waals surface area (Å²) in [4.78, 5) is 5.31. The van der Waals surface area contributed by atoms with E-state index < -0.39 is 0 Å². The fraction of sp³-hybridized carbons (Fsp3) is 0.250. The molecule has 0 amide bonds. The van der Waals surface area contributed by atoms with Crippen molar-refractivity contribution in [3.63, 3.8) is 0 Å². The molecule has 0 unspecified atom stereocenters. The zero-order valence-corrected chi connectivity index (χ0v) is 37.3. The average Bonchev–Trinajstić information content (AvgIpc) is 3.62. The highest BCUT2D eigenvalue weighted by molar-refractivity contribution is 7.26. The summed E-state index contributed by atoms with van der Waals surface area (Å²) < 4.78 is 2.66. The first-order chi connectivity index (χ1) is 28.7. The van der Waals surface area contributed by atoms with E-state index in [-0.39, 0.29) is 23.0 Å². The van der Waals surface area contributed by atoms with Gasteiger partial charge < -0.3 is 9.80 Å². The molecule has 2 aliphatic heterocycles. The van der Waals surface area contributed by atoms with Crippen LogP contribution in [0.3, 0.4) is 0 Å². The van der Waals surface area contributed by atoms with Gasteiger partial charge in [0.2, 0.25) is 0 Å². The Bertz CT molecular complexity index is 3070. The third-order valence-corrected chi connectivity index (χ3v) is 15.4. The van der Waals surface area contributed by atoms with Crippen LogP contribution in [0.4, 0.5) is 34.1 Å². The zero-order valence-electron chi connectivity index (χ0n) is 36.5. The standard InChI is InChI=1S/C56H53BN2S/c1-34-17-13-15-21-44(34)59-48-31-37(36-18-11-10-12-19-36)30-47-52(48)57(42-24-26-50-51(53(42)59)39-20-14-16-22-49(39)60-50)43-32-40-41(56(8,9)28-27-55(40,6)7)33-46(43)58(47)45-25-23-38(29-35(45)2)54(3,4)5/h10-26,29-33H,27-28H2,1-9H3. The Balaban J connectivity index is 1.33. The number of hydrogen-bond acceptors (Lipinski definition) is 3. The Labute approximate surface area is 360 Å². The second-order valence-electron chi connectivity index (χ2n) is 20.1. The Morgan fingerprint density at radius 1 is 0.533 bits per heavy atom. The summed E-state index contributed by atoms with van der Waals surface area (Å²) >= 11 is 1.91. The Kier molecular flexibility index (Phi) is 8.09. The van der Waals surface area contributed by atoms with Gasteiger partial charge in [-0.3, -0.25) is 0 Å². The molecule has 0 atom stereocenters. The van der Waals surface area contributed by atoms with Crippen LogP contribution >= 0.6 is 11.3 Å². The second kappa shape index (κ2) is 13.0.